The zero-order valence-electron chi connectivity index (χ0n) is 8.56. The third-order valence-corrected chi connectivity index (χ3v) is 2.84. The van der Waals surface area contributed by atoms with Gasteiger partial charge in [-0.25, -0.2) is 4.98 Å². The lowest BCUT2D eigenvalue weighted by molar-refractivity contribution is 0.0765. The predicted molar refractivity (Wildman–Crippen MR) is 58.9 cm³/mol. The van der Waals surface area contributed by atoms with Gasteiger partial charge in [-0.3, -0.25) is 4.79 Å². The summed E-state index contributed by atoms with van der Waals surface area (Å²) in [6.45, 7) is 0.636. The third-order valence-electron chi connectivity index (χ3n) is 2.64. The molecule has 2 rings (SSSR count). The molecule has 0 spiro atoms. The number of hydrogen-bond donors (Lipinski definition) is 0. The molecule has 1 aromatic rings. The summed E-state index contributed by atoms with van der Waals surface area (Å²) in [6.07, 6.45) is 3.12. The molecule has 1 fully saturated rings. The average Bonchev–Trinajstić information content (AvgIpc) is 2.76. The zero-order chi connectivity index (χ0) is 11.5. The van der Waals surface area contributed by atoms with Gasteiger partial charge in [0.05, 0.1) is 6.07 Å². The van der Waals surface area contributed by atoms with Gasteiger partial charge in [0.25, 0.3) is 5.91 Å². The van der Waals surface area contributed by atoms with E-state index in [0.29, 0.717) is 17.3 Å². The zero-order valence-corrected chi connectivity index (χ0v) is 9.31. The maximum atomic E-state index is 12.1. The van der Waals surface area contributed by atoms with Crippen LogP contribution in [0.25, 0.3) is 0 Å². The molecule has 0 radical (unpaired) electrons. The summed E-state index contributed by atoms with van der Waals surface area (Å²) >= 11 is 5.72. The molecule has 1 unspecified atom stereocenters. The lowest BCUT2D eigenvalue weighted by Gasteiger charge is -2.19. The highest BCUT2D eigenvalue weighted by Gasteiger charge is 2.29. The maximum Gasteiger partial charge on any atom is 0.255 e. The normalized spacial score (nSPS) is 19.5. The quantitative estimate of drug-likeness (QED) is 0.698. The maximum absolute atomic E-state index is 12.1. The summed E-state index contributed by atoms with van der Waals surface area (Å²) in [6, 6.07) is 4.97. The standard InChI is InChI=1S/C11H10ClN3O/c12-10-6-8(3-4-14-10)11(16)15-5-1-2-9(15)7-13/h3-4,6,9H,1-2,5H2. The van der Waals surface area contributed by atoms with Gasteiger partial charge in [0, 0.05) is 18.3 Å². The number of amides is 1. The van der Waals surface area contributed by atoms with Crippen molar-refractivity contribution in [3.63, 3.8) is 0 Å². The van der Waals surface area contributed by atoms with Crippen molar-refractivity contribution in [2.24, 2.45) is 0 Å². The second kappa shape index (κ2) is 4.50. The van der Waals surface area contributed by atoms with Crippen molar-refractivity contribution in [1.82, 2.24) is 9.88 Å². The molecule has 0 saturated carbocycles. The summed E-state index contributed by atoms with van der Waals surface area (Å²) in [7, 11) is 0. The molecule has 1 aliphatic heterocycles. The van der Waals surface area contributed by atoms with E-state index in [0.717, 1.165) is 12.8 Å². The Balaban J connectivity index is 2.23. The molecule has 1 amide bonds. The lowest BCUT2D eigenvalue weighted by Crippen LogP contribution is -2.34. The van der Waals surface area contributed by atoms with Crippen LogP contribution in [0.4, 0.5) is 0 Å². The van der Waals surface area contributed by atoms with Crippen molar-refractivity contribution in [2.45, 2.75) is 18.9 Å². The molecular weight excluding hydrogens is 226 g/mol. The monoisotopic (exact) mass is 235 g/mol. The van der Waals surface area contributed by atoms with Crippen LogP contribution in [0.2, 0.25) is 5.15 Å². The summed E-state index contributed by atoms with van der Waals surface area (Å²) in [5.74, 6) is -0.145. The molecule has 1 saturated heterocycles. The summed E-state index contributed by atoms with van der Waals surface area (Å²) < 4.78 is 0. The number of rotatable bonds is 1. The molecule has 16 heavy (non-hydrogen) atoms. The molecule has 2 heterocycles. The number of carbonyl (C=O) groups is 1. The first kappa shape index (κ1) is 10.9. The number of halogens is 1. The van der Waals surface area contributed by atoms with Crippen LogP contribution in [0.15, 0.2) is 18.3 Å². The highest BCUT2D eigenvalue weighted by molar-refractivity contribution is 6.29. The number of carbonyl (C=O) groups excluding carboxylic acids is 1. The van der Waals surface area contributed by atoms with Gasteiger partial charge in [-0.2, -0.15) is 5.26 Å². The van der Waals surface area contributed by atoms with Gasteiger partial charge in [0.2, 0.25) is 0 Å². The van der Waals surface area contributed by atoms with Crippen LogP contribution in [0.5, 0.6) is 0 Å². The van der Waals surface area contributed by atoms with Gasteiger partial charge in [0.1, 0.15) is 11.2 Å². The average molecular weight is 236 g/mol. The van der Waals surface area contributed by atoms with E-state index >= 15 is 0 Å². The SMILES string of the molecule is N#CC1CCCN1C(=O)c1ccnc(Cl)c1. The Morgan fingerprint density at radius 2 is 2.50 bits per heavy atom. The topological polar surface area (TPSA) is 57.0 Å². The van der Waals surface area contributed by atoms with Crippen molar-refractivity contribution in [3.05, 3.63) is 29.0 Å². The molecule has 1 atom stereocenters. The Labute approximate surface area is 98.5 Å². The van der Waals surface area contributed by atoms with E-state index in [2.05, 4.69) is 11.1 Å². The van der Waals surface area contributed by atoms with Crippen molar-refractivity contribution in [3.8, 4) is 6.07 Å². The number of likely N-dealkylation sites (tertiary alicyclic amines) is 1. The number of hydrogen-bond acceptors (Lipinski definition) is 3. The highest BCUT2D eigenvalue weighted by Crippen LogP contribution is 2.20. The Hall–Kier alpha value is -1.60. The first-order chi connectivity index (χ1) is 7.72. The van der Waals surface area contributed by atoms with Crippen molar-refractivity contribution in [1.29, 1.82) is 5.26 Å². The van der Waals surface area contributed by atoms with Gasteiger partial charge in [-0.15, -0.1) is 0 Å². The molecular formula is C11H10ClN3O. The van der Waals surface area contributed by atoms with Crippen molar-refractivity contribution in [2.75, 3.05) is 6.54 Å². The van der Waals surface area contributed by atoms with Crippen LogP contribution in [-0.2, 0) is 0 Å². The summed E-state index contributed by atoms with van der Waals surface area (Å²) in [5.41, 5.74) is 0.488. The fourth-order valence-corrected chi connectivity index (χ4v) is 2.02. The van der Waals surface area contributed by atoms with Crippen LogP contribution in [0, 0.1) is 11.3 Å². The van der Waals surface area contributed by atoms with Gasteiger partial charge < -0.3 is 4.90 Å². The Bertz CT molecular complexity index is 455. The van der Waals surface area contributed by atoms with Gasteiger partial charge in [0.15, 0.2) is 0 Å². The van der Waals surface area contributed by atoms with Gasteiger partial charge in [-0.1, -0.05) is 11.6 Å². The number of nitrogens with zero attached hydrogens (tertiary/aromatic N) is 3. The first-order valence-corrected chi connectivity index (χ1v) is 5.42. The van der Waals surface area contributed by atoms with Crippen LogP contribution >= 0.6 is 11.6 Å². The highest BCUT2D eigenvalue weighted by atomic mass is 35.5. The molecule has 1 aromatic heterocycles. The molecule has 82 valence electrons. The summed E-state index contributed by atoms with van der Waals surface area (Å²) in [5, 5.41) is 9.19. The Morgan fingerprint density at radius 3 is 3.19 bits per heavy atom. The van der Waals surface area contributed by atoms with Crippen LogP contribution in [-0.4, -0.2) is 28.4 Å². The second-order valence-electron chi connectivity index (χ2n) is 3.65. The number of pyridine rings is 1. The fourth-order valence-electron chi connectivity index (χ4n) is 1.85. The van der Waals surface area contributed by atoms with Crippen LogP contribution in [0.1, 0.15) is 23.2 Å². The fraction of sp³-hybridized carbons (Fsp3) is 0.364. The molecule has 5 heteroatoms. The largest absolute Gasteiger partial charge is 0.323 e. The predicted octanol–water partition coefficient (Wildman–Crippen LogP) is 1.86. The number of aromatic nitrogens is 1. The van der Waals surface area contributed by atoms with Crippen LogP contribution in [0.3, 0.4) is 0 Å². The molecule has 0 N–H and O–H groups in total. The Kier molecular flexibility index (Phi) is 3.07. The van der Waals surface area contributed by atoms with E-state index in [1.54, 1.807) is 11.0 Å². The minimum absolute atomic E-state index is 0.145. The molecule has 1 aliphatic rings. The van der Waals surface area contributed by atoms with Gasteiger partial charge >= 0.3 is 0 Å². The van der Waals surface area contributed by atoms with Crippen molar-refractivity contribution < 1.29 is 4.79 Å². The molecule has 0 aliphatic carbocycles. The molecule has 4 nitrogen and oxygen atoms in total. The van der Waals surface area contributed by atoms with E-state index in [4.69, 9.17) is 16.9 Å². The van der Waals surface area contributed by atoms with E-state index in [9.17, 15) is 4.79 Å². The van der Waals surface area contributed by atoms with E-state index in [-0.39, 0.29) is 11.9 Å². The molecule has 0 aromatic carbocycles. The number of nitriles is 1. The third kappa shape index (κ3) is 2.00. The second-order valence-corrected chi connectivity index (χ2v) is 4.04. The minimum Gasteiger partial charge on any atom is -0.323 e. The van der Waals surface area contributed by atoms with E-state index < -0.39 is 0 Å². The first-order valence-electron chi connectivity index (χ1n) is 5.04. The van der Waals surface area contributed by atoms with Crippen LogP contribution < -0.4 is 0 Å². The smallest absolute Gasteiger partial charge is 0.255 e. The van der Waals surface area contributed by atoms with E-state index in [1.807, 2.05) is 0 Å². The molecule has 0 bridgehead atoms. The van der Waals surface area contributed by atoms with Gasteiger partial charge in [-0.05, 0) is 25.0 Å². The van der Waals surface area contributed by atoms with E-state index in [1.165, 1.54) is 12.3 Å². The minimum atomic E-state index is -0.306. The van der Waals surface area contributed by atoms with Crippen molar-refractivity contribution >= 4 is 17.5 Å². The Morgan fingerprint density at radius 1 is 1.69 bits per heavy atom. The summed E-state index contributed by atoms with van der Waals surface area (Å²) in [4.78, 5) is 17.5. The lowest BCUT2D eigenvalue weighted by atomic mass is 10.2.